The molecule has 15 rings (SSSR count). The van der Waals surface area contributed by atoms with Crippen LogP contribution in [0, 0.1) is 0 Å². The third-order valence-corrected chi connectivity index (χ3v) is 18.6. The molecule has 0 spiro atoms. The molecule has 0 saturated heterocycles. The van der Waals surface area contributed by atoms with Crippen molar-refractivity contribution in [1.29, 1.82) is 0 Å². The minimum atomic E-state index is -0.173. The number of anilines is 6. The van der Waals surface area contributed by atoms with E-state index >= 15 is 0 Å². The number of hydrogen-bond acceptors (Lipinski definition) is 2. The lowest BCUT2D eigenvalue weighted by Crippen LogP contribution is -2.30. The van der Waals surface area contributed by atoms with Crippen molar-refractivity contribution in [3.05, 3.63) is 263 Å². The minimum Gasteiger partial charge on any atom is -0.310 e. The SMILES string of the molecule is CC1(C)c2ccccc2-c2ccc(-c3c4ccc(N5c6ccccc6C(C)(C)c6ccccc65)cc4c(-c4ccc5c(c4)C(C)(C)c4ccccc4-5)c4ccc(N5c6ccccc6C(C)(C)c6ccccc65)cc34)cc21. The molecule has 0 aromatic heterocycles. The van der Waals surface area contributed by atoms with Crippen LogP contribution in [0.1, 0.15) is 99.9 Å². The van der Waals surface area contributed by atoms with Crippen LogP contribution in [0.3, 0.4) is 0 Å². The van der Waals surface area contributed by atoms with Gasteiger partial charge in [0.25, 0.3) is 0 Å². The summed E-state index contributed by atoms with van der Waals surface area (Å²) in [6, 6.07) is 83.6. The van der Waals surface area contributed by atoms with Crippen molar-refractivity contribution in [3.63, 3.8) is 0 Å². The van der Waals surface area contributed by atoms with Gasteiger partial charge in [0.2, 0.25) is 0 Å². The first kappa shape index (κ1) is 45.0. The summed E-state index contributed by atoms with van der Waals surface area (Å²) in [6.07, 6.45) is 0. The smallest absolute Gasteiger partial charge is 0.0502 e. The van der Waals surface area contributed by atoms with Gasteiger partial charge in [-0.15, -0.1) is 0 Å². The van der Waals surface area contributed by atoms with Crippen molar-refractivity contribution in [1.82, 2.24) is 0 Å². The predicted molar refractivity (Wildman–Crippen MR) is 321 cm³/mol. The molecule has 76 heavy (non-hydrogen) atoms. The van der Waals surface area contributed by atoms with Crippen molar-refractivity contribution in [2.45, 2.75) is 77.0 Å². The van der Waals surface area contributed by atoms with E-state index in [4.69, 9.17) is 0 Å². The number of para-hydroxylation sites is 4. The van der Waals surface area contributed by atoms with Gasteiger partial charge >= 0.3 is 0 Å². The summed E-state index contributed by atoms with van der Waals surface area (Å²) in [7, 11) is 0. The van der Waals surface area contributed by atoms with Gasteiger partial charge in [-0.2, -0.15) is 0 Å². The fraction of sp³-hybridized carbons (Fsp3) is 0.162. The highest BCUT2D eigenvalue weighted by atomic mass is 15.2. The van der Waals surface area contributed by atoms with Crippen LogP contribution in [0.2, 0.25) is 0 Å². The van der Waals surface area contributed by atoms with Crippen LogP contribution in [0.4, 0.5) is 34.1 Å². The van der Waals surface area contributed by atoms with Crippen molar-refractivity contribution in [3.8, 4) is 44.5 Å². The molecule has 0 unspecified atom stereocenters. The number of hydrogen-bond donors (Lipinski definition) is 0. The molecular weight excluding hydrogens is 917 g/mol. The van der Waals surface area contributed by atoms with Gasteiger partial charge in [0.15, 0.2) is 0 Å². The summed E-state index contributed by atoms with van der Waals surface area (Å²) in [5, 5.41) is 4.94. The van der Waals surface area contributed by atoms with E-state index in [9.17, 15) is 0 Å². The Bertz CT molecular complexity index is 3940. The van der Waals surface area contributed by atoms with Gasteiger partial charge < -0.3 is 9.80 Å². The third-order valence-electron chi connectivity index (χ3n) is 18.6. The average molecular weight is 977 g/mol. The van der Waals surface area contributed by atoms with E-state index in [1.54, 1.807) is 0 Å². The monoisotopic (exact) mass is 976 g/mol. The van der Waals surface area contributed by atoms with Crippen LogP contribution in [0.15, 0.2) is 218 Å². The Balaban J connectivity index is 1.06. The van der Waals surface area contributed by atoms with Gasteiger partial charge in [0.1, 0.15) is 0 Å². The summed E-state index contributed by atoms with van der Waals surface area (Å²) in [6.45, 7) is 19.1. The van der Waals surface area contributed by atoms with E-state index in [1.807, 2.05) is 0 Å². The molecule has 0 N–H and O–H groups in total. The fourth-order valence-electron chi connectivity index (χ4n) is 14.7. The molecule has 0 atom stereocenters. The molecule has 11 aromatic rings. The van der Waals surface area contributed by atoms with E-state index in [2.05, 4.69) is 284 Å². The molecule has 4 aliphatic rings. The van der Waals surface area contributed by atoms with E-state index in [-0.39, 0.29) is 21.7 Å². The van der Waals surface area contributed by atoms with Crippen LogP contribution in [-0.2, 0) is 21.7 Å². The first-order valence-electron chi connectivity index (χ1n) is 27.3. The van der Waals surface area contributed by atoms with E-state index in [0.29, 0.717) is 0 Å². The Morgan fingerprint density at radius 1 is 0.237 bits per heavy atom. The zero-order chi connectivity index (χ0) is 51.6. The molecule has 0 amide bonds. The molecule has 2 heteroatoms. The highest BCUT2D eigenvalue weighted by Crippen LogP contribution is 2.58. The normalized spacial score (nSPS) is 16.3. The number of rotatable bonds is 4. The Hall–Kier alpha value is -8.46. The summed E-state index contributed by atoms with van der Waals surface area (Å²) < 4.78 is 0. The molecule has 2 aliphatic heterocycles. The highest BCUT2D eigenvalue weighted by molar-refractivity contribution is 6.23. The summed E-state index contributed by atoms with van der Waals surface area (Å²) >= 11 is 0. The Morgan fingerprint density at radius 2 is 0.526 bits per heavy atom. The maximum absolute atomic E-state index is 2.53. The standard InChI is InChI=1S/C74H60N2/c1-71(2)57-23-11-9-21-49(57)51-37-33-45(41-63(51)71)69-53-39-35-48(76-67-31-19-15-27-61(67)74(7,8)62-28-16-20-32-68(62)76)44-56(53)70(46-34-38-52-50-22-10-12-24-58(50)72(3,4)64(52)42-46)54-40-36-47(43-55(54)69)75-65-29-17-13-25-59(65)73(5,6)60-26-14-18-30-66(60)75/h9-44H,1-8H3. The van der Waals surface area contributed by atoms with Crippen molar-refractivity contribution >= 4 is 55.7 Å². The van der Waals surface area contributed by atoms with Crippen LogP contribution in [0.25, 0.3) is 66.1 Å². The zero-order valence-electron chi connectivity index (χ0n) is 44.7. The lowest BCUT2D eigenvalue weighted by atomic mass is 9.73. The van der Waals surface area contributed by atoms with E-state index in [1.165, 1.54) is 133 Å². The Morgan fingerprint density at radius 3 is 0.882 bits per heavy atom. The van der Waals surface area contributed by atoms with Gasteiger partial charge in [0.05, 0.1) is 22.7 Å². The van der Waals surface area contributed by atoms with Gasteiger partial charge in [-0.25, -0.2) is 0 Å². The highest BCUT2D eigenvalue weighted by Gasteiger charge is 2.41. The van der Waals surface area contributed by atoms with Crippen molar-refractivity contribution < 1.29 is 0 Å². The first-order chi connectivity index (χ1) is 36.7. The quantitative estimate of drug-likeness (QED) is 0.162. The lowest BCUT2D eigenvalue weighted by Gasteiger charge is -2.42. The average Bonchev–Trinajstić information content (AvgIpc) is 3.82. The van der Waals surface area contributed by atoms with Gasteiger partial charge in [-0.1, -0.05) is 213 Å². The zero-order valence-corrected chi connectivity index (χ0v) is 44.7. The number of fused-ring (bicyclic) bond motifs is 12. The van der Waals surface area contributed by atoms with Gasteiger partial charge in [-0.05, 0) is 171 Å². The molecule has 0 bridgehead atoms. The maximum Gasteiger partial charge on any atom is 0.0502 e. The summed E-state index contributed by atoms with van der Waals surface area (Å²) in [4.78, 5) is 5.05. The summed E-state index contributed by atoms with van der Waals surface area (Å²) in [5.74, 6) is 0. The van der Waals surface area contributed by atoms with Crippen LogP contribution < -0.4 is 9.80 Å². The van der Waals surface area contributed by atoms with E-state index in [0.717, 1.165) is 11.4 Å². The van der Waals surface area contributed by atoms with Gasteiger partial charge in [-0.3, -0.25) is 0 Å². The first-order valence-corrected chi connectivity index (χ1v) is 27.3. The Kier molecular flexibility index (Phi) is 9.21. The molecule has 0 fully saturated rings. The largest absolute Gasteiger partial charge is 0.310 e. The second-order valence-corrected chi connectivity index (χ2v) is 24.1. The van der Waals surface area contributed by atoms with Gasteiger partial charge in [0, 0.05) is 33.0 Å². The van der Waals surface area contributed by atoms with Crippen LogP contribution >= 0.6 is 0 Å². The lowest BCUT2D eigenvalue weighted by molar-refractivity contribution is 0.632. The Labute approximate surface area is 447 Å². The second-order valence-electron chi connectivity index (χ2n) is 24.1. The predicted octanol–water partition coefficient (Wildman–Crippen LogP) is 20.2. The second kappa shape index (κ2) is 15.6. The van der Waals surface area contributed by atoms with E-state index < -0.39 is 0 Å². The van der Waals surface area contributed by atoms with Crippen LogP contribution in [0.5, 0.6) is 0 Å². The molecule has 11 aromatic carbocycles. The van der Waals surface area contributed by atoms with Crippen molar-refractivity contribution in [2.24, 2.45) is 0 Å². The molecule has 2 heterocycles. The third kappa shape index (κ3) is 5.99. The number of benzene rings is 11. The molecular formula is C74H60N2. The molecule has 0 radical (unpaired) electrons. The molecule has 0 saturated carbocycles. The maximum atomic E-state index is 2.53. The topological polar surface area (TPSA) is 6.48 Å². The van der Waals surface area contributed by atoms with Crippen molar-refractivity contribution in [2.75, 3.05) is 9.80 Å². The molecule has 2 nitrogen and oxygen atoms in total. The number of nitrogens with zero attached hydrogens (tertiary/aromatic N) is 2. The molecule has 2 aliphatic carbocycles. The minimum absolute atomic E-state index is 0.169. The fourth-order valence-corrected chi connectivity index (χ4v) is 14.7. The molecule has 366 valence electrons. The van der Waals surface area contributed by atoms with Crippen LogP contribution in [-0.4, -0.2) is 0 Å². The summed E-state index contributed by atoms with van der Waals surface area (Å²) in [5.41, 5.74) is 27.6.